The number of anilines is 1. The molecule has 0 radical (unpaired) electrons. The molecule has 1 saturated heterocycles. The Morgan fingerprint density at radius 2 is 2.10 bits per heavy atom. The van der Waals surface area contributed by atoms with Crippen molar-refractivity contribution in [3.8, 4) is 22.9 Å². The molecule has 3 aromatic rings. The average molecular weight is 441 g/mol. The summed E-state index contributed by atoms with van der Waals surface area (Å²) in [6.45, 7) is 2.22. The third-order valence-electron chi connectivity index (χ3n) is 5.43. The highest BCUT2D eigenvalue weighted by molar-refractivity contribution is 6.30. The van der Waals surface area contributed by atoms with Gasteiger partial charge in [-0.3, -0.25) is 9.69 Å². The van der Waals surface area contributed by atoms with Crippen molar-refractivity contribution in [2.45, 2.75) is 19.4 Å². The molecule has 0 saturated carbocycles. The summed E-state index contributed by atoms with van der Waals surface area (Å²) in [7, 11) is 0. The summed E-state index contributed by atoms with van der Waals surface area (Å²) in [5.74, 6) is 2.25. The number of hydrogen-bond donors (Lipinski definition) is 1. The maximum absolute atomic E-state index is 12.8. The van der Waals surface area contributed by atoms with Crippen molar-refractivity contribution in [1.29, 1.82) is 0 Å². The lowest BCUT2D eigenvalue weighted by Gasteiger charge is -2.30. The number of carbonyl (C=O) groups is 1. The molecule has 0 spiro atoms. The number of nitrogens with one attached hydrogen (secondary N) is 1. The van der Waals surface area contributed by atoms with Crippen molar-refractivity contribution >= 4 is 23.2 Å². The van der Waals surface area contributed by atoms with Gasteiger partial charge in [-0.25, -0.2) is 0 Å². The van der Waals surface area contributed by atoms with Crippen LogP contribution < -0.4 is 14.8 Å². The van der Waals surface area contributed by atoms with Gasteiger partial charge in [-0.15, -0.1) is 0 Å². The Bertz CT molecular complexity index is 1100. The lowest BCUT2D eigenvalue weighted by atomic mass is 9.97. The van der Waals surface area contributed by atoms with E-state index in [2.05, 4.69) is 20.4 Å². The second-order valence-corrected chi connectivity index (χ2v) is 8.09. The average Bonchev–Trinajstić information content (AvgIpc) is 3.43. The first-order chi connectivity index (χ1) is 15.1. The molecule has 9 heteroatoms. The smallest absolute Gasteiger partial charge is 0.241 e. The molecule has 3 heterocycles. The predicted molar refractivity (Wildman–Crippen MR) is 114 cm³/mol. The Morgan fingerprint density at radius 1 is 1.19 bits per heavy atom. The van der Waals surface area contributed by atoms with Crippen molar-refractivity contribution in [2.75, 3.05) is 25.2 Å². The van der Waals surface area contributed by atoms with E-state index in [0.717, 1.165) is 24.9 Å². The quantitative estimate of drug-likeness (QED) is 0.642. The molecule has 1 fully saturated rings. The van der Waals surface area contributed by atoms with Crippen LogP contribution in [0.3, 0.4) is 0 Å². The zero-order chi connectivity index (χ0) is 21.2. The van der Waals surface area contributed by atoms with Crippen LogP contribution in [0.4, 0.5) is 5.69 Å². The molecule has 0 aliphatic carbocycles. The number of likely N-dealkylation sites (tertiary alicyclic amines) is 1. The van der Waals surface area contributed by atoms with Crippen LogP contribution in [-0.2, 0) is 11.3 Å². The molecule has 5 rings (SSSR count). The van der Waals surface area contributed by atoms with Crippen molar-refractivity contribution in [1.82, 2.24) is 15.0 Å². The molecule has 2 aliphatic heterocycles. The molecule has 2 aliphatic rings. The van der Waals surface area contributed by atoms with Gasteiger partial charge in [-0.2, -0.15) is 4.98 Å². The van der Waals surface area contributed by atoms with Gasteiger partial charge in [0, 0.05) is 28.9 Å². The fraction of sp³-hybridized carbons (Fsp3) is 0.318. The normalized spacial score (nSPS) is 18.2. The highest BCUT2D eigenvalue weighted by Crippen LogP contribution is 2.34. The number of aromatic nitrogens is 2. The van der Waals surface area contributed by atoms with Gasteiger partial charge in [0.05, 0.1) is 12.5 Å². The third-order valence-corrected chi connectivity index (χ3v) is 5.66. The highest BCUT2D eigenvalue weighted by atomic mass is 35.5. The SMILES string of the molecule is O=C(Nc1ccc2c(c1)OCO2)C1CCCN(Cc2nc(-c3cccc(Cl)c3)no2)C1. The van der Waals surface area contributed by atoms with Gasteiger partial charge in [-0.05, 0) is 43.7 Å². The van der Waals surface area contributed by atoms with E-state index in [9.17, 15) is 4.79 Å². The summed E-state index contributed by atoms with van der Waals surface area (Å²) in [5.41, 5.74) is 1.51. The van der Waals surface area contributed by atoms with Crippen LogP contribution in [0.15, 0.2) is 47.0 Å². The van der Waals surface area contributed by atoms with Gasteiger partial charge in [0.25, 0.3) is 0 Å². The van der Waals surface area contributed by atoms with Gasteiger partial charge < -0.3 is 19.3 Å². The van der Waals surface area contributed by atoms with Gasteiger partial charge >= 0.3 is 0 Å². The van der Waals surface area contributed by atoms with Crippen molar-refractivity contribution in [3.05, 3.63) is 53.4 Å². The van der Waals surface area contributed by atoms with Crippen molar-refractivity contribution in [3.63, 3.8) is 0 Å². The monoisotopic (exact) mass is 440 g/mol. The van der Waals surface area contributed by atoms with E-state index in [1.165, 1.54) is 0 Å². The van der Waals surface area contributed by atoms with Crippen LogP contribution in [0.1, 0.15) is 18.7 Å². The second kappa shape index (κ2) is 8.56. The lowest BCUT2D eigenvalue weighted by Crippen LogP contribution is -2.40. The fourth-order valence-electron chi connectivity index (χ4n) is 3.89. The Balaban J connectivity index is 1.20. The Labute approximate surface area is 184 Å². The standard InChI is InChI=1S/C22H21ClN4O4/c23-16-5-1-3-14(9-16)21-25-20(31-26-21)12-27-8-2-4-15(11-27)22(28)24-17-6-7-18-19(10-17)30-13-29-18/h1,3,5-7,9-10,15H,2,4,8,11-13H2,(H,24,28). The van der Waals surface area contributed by atoms with Crippen LogP contribution in [0.25, 0.3) is 11.4 Å². The molecule has 2 aromatic carbocycles. The first kappa shape index (κ1) is 19.8. The Morgan fingerprint density at radius 3 is 3.00 bits per heavy atom. The topological polar surface area (TPSA) is 89.7 Å². The summed E-state index contributed by atoms with van der Waals surface area (Å²) in [4.78, 5) is 19.5. The van der Waals surface area contributed by atoms with Gasteiger partial charge in [0.15, 0.2) is 11.5 Å². The fourth-order valence-corrected chi connectivity index (χ4v) is 4.08. The number of halogens is 1. The van der Waals surface area contributed by atoms with E-state index < -0.39 is 0 Å². The van der Waals surface area contributed by atoms with Crippen LogP contribution >= 0.6 is 11.6 Å². The number of rotatable bonds is 5. The summed E-state index contributed by atoms with van der Waals surface area (Å²) >= 11 is 6.04. The van der Waals surface area contributed by atoms with Gasteiger partial charge in [-0.1, -0.05) is 28.9 Å². The molecule has 1 amide bonds. The summed E-state index contributed by atoms with van der Waals surface area (Å²) in [6, 6.07) is 12.7. The maximum atomic E-state index is 12.8. The van der Waals surface area contributed by atoms with Crippen molar-refractivity contribution in [2.24, 2.45) is 5.92 Å². The number of ether oxygens (including phenoxy) is 2. The van der Waals surface area contributed by atoms with Crippen LogP contribution in [0, 0.1) is 5.92 Å². The number of fused-ring (bicyclic) bond motifs is 1. The van der Waals surface area contributed by atoms with E-state index in [-0.39, 0.29) is 18.6 Å². The molecule has 0 bridgehead atoms. The molecular formula is C22H21ClN4O4. The molecule has 1 unspecified atom stereocenters. The highest BCUT2D eigenvalue weighted by Gasteiger charge is 2.27. The molecule has 160 valence electrons. The Kier molecular flexibility index (Phi) is 5.48. The van der Waals surface area contributed by atoms with Gasteiger partial charge in [0.1, 0.15) is 0 Å². The van der Waals surface area contributed by atoms with E-state index in [1.54, 1.807) is 24.3 Å². The molecule has 1 aromatic heterocycles. The zero-order valence-electron chi connectivity index (χ0n) is 16.7. The first-order valence-corrected chi connectivity index (χ1v) is 10.5. The predicted octanol–water partition coefficient (Wildman–Crippen LogP) is 3.97. The van der Waals surface area contributed by atoms with Gasteiger partial charge in [0.2, 0.25) is 24.4 Å². The number of nitrogens with zero attached hydrogens (tertiary/aromatic N) is 3. The molecule has 1 atom stereocenters. The van der Waals surface area contributed by atoms with Crippen LogP contribution in [0.5, 0.6) is 11.5 Å². The summed E-state index contributed by atoms with van der Waals surface area (Å²) in [6.07, 6.45) is 1.76. The lowest BCUT2D eigenvalue weighted by molar-refractivity contribution is -0.121. The van der Waals surface area contributed by atoms with Crippen LogP contribution in [-0.4, -0.2) is 40.8 Å². The molecular weight excluding hydrogens is 420 g/mol. The van der Waals surface area contributed by atoms with E-state index in [4.69, 9.17) is 25.6 Å². The minimum atomic E-state index is -0.116. The Hall–Kier alpha value is -3.10. The molecule has 1 N–H and O–H groups in total. The number of amides is 1. The number of hydrogen-bond acceptors (Lipinski definition) is 7. The van der Waals surface area contributed by atoms with Crippen LogP contribution in [0.2, 0.25) is 5.02 Å². The first-order valence-electron chi connectivity index (χ1n) is 10.2. The third kappa shape index (κ3) is 4.50. The number of benzene rings is 2. The number of carbonyl (C=O) groups excluding carboxylic acids is 1. The minimum absolute atomic E-state index is 0.00582. The molecule has 8 nitrogen and oxygen atoms in total. The van der Waals surface area contributed by atoms with E-state index >= 15 is 0 Å². The zero-order valence-corrected chi connectivity index (χ0v) is 17.5. The largest absolute Gasteiger partial charge is 0.454 e. The molecule has 31 heavy (non-hydrogen) atoms. The van der Waals surface area contributed by atoms with E-state index in [0.29, 0.717) is 47.0 Å². The summed E-state index contributed by atoms with van der Waals surface area (Å²) in [5, 5.41) is 7.67. The summed E-state index contributed by atoms with van der Waals surface area (Å²) < 4.78 is 16.1. The van der Waals surface area contributed by atoms with Crippen molar-refractivity contribution < 1.29 is 18.8 Å². The van der Waals surface area contributed by atoms with E-state index in [1.807, 2.05) is 18.2 Å². The minimum Gasteiger partial charge on any atom is -0.454 e. The second-order valence-electron chi connectivity index (χ2n) is 7.65. The number of piperidine rings is 1. The maximum Gasteiger partial charge on any atom is 0.241 e.